The van der Waals surface area contributed by atoms with E-state index in [4.69, 9.17) is 16.4 Å². The maximum atomic E-state index is 5.27. The summed E-state index contributed by atoms with van der Waals surface area (Å²) in [5, 5.41) is 0. The van der Waals surface area contributed by atoms with Crippen molar-refractivity contribution >= 4 is 0 Å². The van der Waals surface area contributed by atoms with Crippen molar-refractivity contribution in [2.75, 3.05) is 13.4 Å². The molecule has 1 saturated heterocycles. The molecule has 0 aromatic heterocycles. The van der Waals surface area contributed by atoms with Gasteiger partial charge in [-0.25, -0.2) is 0 Å². The Balaban J connectivity index is 2.06. The number of hydrogen-bond donors (Lipinski definition) is 0. The SMILES string of the molecule is [CH]CCC1COCO1. The van der Waals surface area contributed by atoms with Gasteiger partial charge in [0.1, 0.15) is 6.79 Å². The molecule has 1 atom stereocenters. The van der Waals surface area contributed by atoms with Crippen LogP contribution in [0.5, 0.6) is 0 Å². The van der Waals surface area contributed by atoms with Crippen LogP contribution in [0.25, 0.3) is 0 Å². The third kappa shape index (κ3) is 1.46. The Kier molecular flexibility index (Phi) is 2.30. The van der Waals surface area contributed by atoms with Gasteiger partial charge in [-0.15, -0.1) is 0 Å². The van der Waals surface area contributed by atoms with Crippen molar-refractivity contribution in [3.63, 3.8) is 0 Å². The van der Waals surface area contributed by atoms with E-state index < -0.39 is 0 Å². The molecule has 46 valence electrons. The first-order valence-corrected chi connectivity index (χ1v) is 2.83. The molecule has 0 saturated carbocycles. The van der Waals surface area contributed by atoms with E-state index >= 15 is 0 Å². The molecule has 2 nitrogen and oxygen atoms in total. The van der Waals surface area contributed by atoms with Crippen molar-refractivity contribution in [2.45, 2.75) is 18.9 Å². The van der Waals surface area contributed by atoms with Gasteiger partial charge in [-0.1, -0.05) is 0 Å². The van der Waals surface area contributed by atoms with Crippen LogP contribution >= 0.6 is 0 Å². The molecular weight excluding hydrogens is 104 g/mol. The summed E-state index contributed by atoms with van der Waals surface area (Å²) < 4.78 is 10.0. The van der Waals surface area contributed by atoms with E-state index in [1.807, 2.05) is 0 Å². The first-order chi connectivity index (χ1) is 3.93. The summed E-state index contributed by atoms with van der Waals surface area (Å²) in [7, 11) is 0. The normalized spacial score (nSPS) is 28.9. The summed E-state index contributed by atoms with van der Waals surface area (Å²) in [6.07, 6.45) is 1.87. The van der Waals surface area contributed by atoms with Crippen LogP contribution in [0.3, 0.4) is 0 Å². The minimum Gasteiger partial charge on any atom is -0.353 e. The molecule has 2 radical (unpaired) electrons. The topological polar surface area (TPSA) is 18.5 Å². The highest BCUT2D eigenvalue weighted by molar-refractivity contribution is 4.59. The molecule has 2 heteroatoms. The average Bonchev–Trinajstić information content (AvgIpc) is 2.19. The van der Waals surface area contributed by atoms with Crippen LogP contribution in [0, 0.1) is 6.92 Å². The Morgan fingerprint density at radius 1 is 1.62 bits per heavy atom. The lowest BCUT2D eigenvalue weighted by Gasteiger charge is -2.01. The summed E-state index contributed by atoms with van der Waals surface area (Å²) in [4.78, 5) is 0. The molecule has 1 heterocycles. The van der Waals surface area contributed by atoms with Gasteiger partial charge in [0.2, 0.25) is 0 Å². The average molecular weight is 114 g/mol. The van der Waals surface area contributed by atoms with Gasteiger partial charge in [-0.3, -0.25) is 0 Å². The molecule has 1 aliphatic heterocycles. The van der Waals surface area contributed by atoms with Crippen LogP contribution in [0.2, 0.25) is 0 Å². The van der Waals surface area contributed by atoms with Crippen molar-refractivity contribution in [1.29, 1.82) is 0 Å². The molecule has 0 aromatic rings. The van der Waals surface area contributed by atoms with Gasteiger partial charge in [0.25, 0.3) is 0 Å². The van der Waals surface area contributed by atoms with Crippen LogP contribution in [-0.2, 0) is 9.47 Å². The molecule has 0 aliphatic carbocycles. The van der Waals surface area contributed by atoms with Gasteiger partial charge in [-0.05, 0) is 19.8 Å². The fourth-order valence-electron chi connectivity index (χ4n) is 0.725. The van der Waals surface area contributed by atoms with Crippen molar-refractivity contribution in [2.24, 2.45) is 0 Å². The molecular formula is C6H10O2. The first-order valence-electron chi connectivity index (χ1n) is 2.83. The predicted octanol–water partition coefficient (Wildman–Crippen LogP) is 0.851. The van der Waals surface area contributed by atoms with E-state index in [1.165, 1.54) is 0 Å². The molecule has 1 aliphatic rings. The summed E-state index contributed by atoms with van der Waals surface area (Å²) in [5.74, 6) is 0. The van der Waals surface area contributed by atoms with Gasteiger partial charge in [0.05, 0.1) is 12.7 Å². The molecule has 1 fully saturated rings. The maximum Gasteiger partial charge on any atom is 0.147 e. The zero-order chi connectivity index (χ0) is 5.82. The minimum absolute atomic E-state index is 0.264. The zero-order valence-corrected chi connectivity index (χ0v) is 4.80. The monoisotopic (exact) mass is 114 g/mol. The summed E-state index contributed by atoms with van der Waals surface area (Å²) >= 11 is 0. The van der Waals surface area contributed by atoms with Crippen molar-refractivity contribution in [3.8, 4) is 0 Å². The molecule has 0 aromatic carbocycles. The van der Waals surface area contributed by atoms with Crippen LogP contribution in [-0.4, -0.2) is 19.5 Å². The summed E-state index contributed by atoms with van der Waals surface area (Å²) in [6, 6.07) is 0. The van der Waals surface area contributed by atoms with Crippen molar-refractivity contribution in [1.82, 2.24) is 0 Å². The quantitative estimate of drug-likeness (QED) is 0.530. The molecule has 1 unspecified atom stereocenters. The van der Waals surface area contributed by atoms with Crippen LogP contribution in [0.1, 0.15) is 12.8 Å². The molecule has 0 N–H and O–H groups in total. The minimum atomic E-state index is 0.264. The van der Waals surface area contributed by atoms with Gasteiger partial charge in [0, 0.05) is 0 Å². The Labute approximate surface area is 49.8 Å². The highest BCUT2D eigenvalue weighted by atomic mass is 16.7. The lowest BCUT2D eigenvalue weighted by atomic mass is 10.2. The Morgan fingerprint density at radius 3 is 3.00 bits per heavy atom. The third-order valence-electron chi connectivity index (χ3n) is 1.18. The van der Waals surface area contributed by atoms with E-state index in [9.17, 15) is 0 Å². The van der Waals surface area contributed by atoms with Gasteiger partial charge < -0.3 is 9.47 Å². The lowest BCUT2D eigenvalue weighted by molar-refractivity contribution is 0.0449. The standard InChI is InChI=1S/C6H10O2/c1-2-3-6-4-7-5-8-6/h1,6H,2-5H2. The molecule has 0 spiro atoms. The van der Waals surface area contributed by atoms with E-state index in [0.717, 1.165) is 13.0 Å². The predicted molar refractivity (Wildman–Crippen MR) is 29.2 cm³/mol. The molecule has 0 amide bonds. The molecule has 1 rings (SSSR count). The van der Waals surface area contributed by atoms with Crippen LogP contribution < -0.4 is 0 Å². The highest BCUT2D eigenvalue weighted by Crippen LogP contribution is 2.07. The van der Waals surface area contributed by atoms with Crippen molar-refractivity contribution in [3.05, 3.63) is 6.92 Å². The lowest BCUT2D eigenvalue weighted by Crippen LogP contribution is -2.07. The van der Waals surface area contributed by atoms with E-state index in [2.05, 4.69) is 0 Å². The van der Waals surface area contributed by atoms with Gasteiger partial charge in [-0.2, -0.15) is 0 Å². The Morgan fingerprint density at radius 2 is 2.50 bits per heavy atom. The fraction of sp³-hybridized carbons (Fsp3) is 0.833. The molecule has 0 bridgehead atoms. The second kappa shape index (κ2) is 3.05. The van der Waals surface area contributed by atoms with Crippen LogP contribution in [0.4, 0.5) is 0 Å². The Bertz CT molecular complexity index is 57.5. The highest BCUT2D eigenvalue weighted by Gasteiger charge is 2.13. The van der Waals surface area contributed by atoms with Crippen LogP contribution in [0.15, 0.2) is 0 Å². The molecule has 8 heavy (non-hydrogen) atoms. The largest absolute Gasteiger partial charge is 0.353 e. The van der Waals surface area contributed by atoms with Gasteiger partial charge >= 0.3 is 0 Å². The Hall–Kier alpha value is -0.0800. The number of rotatable bonds is 2. The van der Waals surface area contributed by atoms with E-state index in [-0.39, 0.29) is 6.10 Å². The van der Waals surface area contributed by atoms with E-state index in [0.29, 0.717) is 13.2 Å². The fourth-order valence-corrected chi connectivity index (χ4v) is 0.725. The third-order valence-corrected chi connectivity index (χ3v) is 1.18. The summed E-state index contributed by atoms with van der Waals surface area (Å²) in [5.41, 5.74) is 0. The second-order valence-electron chi connectivity index (χ2n) is 1.85. The van der Waals surface area contributed by atoms with E-state index in [1.54, 1.807) is 0 Å². The first kappa shape index (κ1) is 6.05. The second-order valence-corrected chi connectivity index (χ2v) is 1.85. The number of ether oxygens (including phenoxy) is 2. The van der Waals surface area contributed by atoms with Crippen molar-refractivity contribution < 1.29 is 9.47 Å². The van der Waals surface area contributed by atoms with Gasteiger partial charge in [0.15, 0.2) is 0 Å². The number of hydrogen-bond acceptors (Lipinski definition) is 2. The maximum absolute atomic E-state index is 5.27. The zero-order valence-electron chi connectivity index (χ0n) is 4.80. The smallest absolute Gasteiger partial charge is 0.147 e. The summed E-state index contributed by atoms with van der Waals surface area (Å²) in [6.45, 7) is 6.44.